The van der Waals surface area contributed by atoms with Crippen molar-refractivity contribution in [1.29, 1.82) is 0 Å². The molecule has 2 saturated heterocycles. The first-order valence-corrected chi connectivity index (χ1v) is 9.08. The van der Waals surface area contributed by atoms with Gasteiger partial charge in [-0.25, -0.2) is 0 Å². The van der Waals surface area contributed by atoms with Crippen molar-refractivity contribution >= 4 is 35.8 Å². The molecule has 2 aliphatic heterocycles. The maximum absolute atomic E-state index is 13.0. The highest BCUT2D eigenvalue weighted by Crippen LogP contribution is 2.28. The van der Waals surface area contributed by atoms with Gasteiger partial charge in [-0.2, -0.15) is 0 Å². The van der Waals surface area contributed by atoms with E-state index in [0.717, 1.165) is 19.3 Å². The minimum Gasteiger partial charge on any atom is -0.496 e. The van der Waals surface area contributed by atoms with Gasteiger partial charge in [0, 0.05) is 30.7 Å². The molecule has 0 saturated carbocycles. The van der Waals surface area contributed by atoms with E-state index in [2.05, 4.69) is 0 Å². The van der Waals surface area contributed by atoms with Crippen molar-refractivity contribution in [2.24, 2.45) is 5.73 Å². The van der Waals surface area contributed by atoms with Gasteiger partial charge < -0.3 is 20.3 Å². The molecule has 26 heavy (non-hydrogen) atoms. The van der Waals surface area contributed by atoms with E-state index in [4.69, 9.17) is 22.1 Å². The summed E-state index contributed by atoms with van der Waals surface area (Å²) in [6.07, 6.45) is 3.14. The summed E-state index contributed by atoms with van der Waals surface area (Å²) >= 11 is 6.05. The molecule has 2 heterocycles. The summed E-state index contributed by atoms with van der Waals surface area (Å²) in [6, 6.07) is 4.71. The van der Waals surface area contributed by atoms with Crippen molar-refractivity contribution in [2.75, 3.05) is 26.7 Å². The lowest BCUT2D eigenvalue weighted by atomic mass is 10.0. The van der Waals surface area contributed by atoms with E-state index in [1.165, 1.54) is 7.11 Å². The van der Waals surface area contributed by atoms with Crippen LogP contribution in [0.2, 0.25) is 5.02 Å². The minimum absolute atomic E-state index is 0. The maximum Gasteiger partial charge on any atom is 0.258 e. The predicted molar refractivity (Wildman–Crippen MR) is 103 cm³/mol. The molecule has 6 nitrogen and oxygen atoms in total. The third-order valence-electron chi connectivity index (χ3n) is 5.04. The van der Waals surface area contributed by atoms with Gasteiger partial charge in [-0.05, 0) is 43.9 Å². The molecule has 0 aromatic heterocycles. The number of ether oxygens (including phenoxy) is 1. The number of likely N-dealkylation sites (tertiary alicyclic amines) is 2. The third-order valence-corrected chi connectivity index (χ3v) is 5.28. The third kappa shape index (κ3) is 4.24. The predicted octanol–water partition coefficient (Wildman–Crippen LogP) is 2.32. The topological polar surface area (TPSA) is 75.9 Å². The van der Waals surface area contributed by atoms with Crippen molar-refractivity contribution in [2.45, 2.75) is 37.8 Å². The molecule has 2 N–H and O–H groups in total. The lowest BCUT2D eigenvalue weighted by Crippen LogP contribution is -2.51. The van der Waals surface area contributed by atoms with Gasteiger partial charge in [-0.15, -0.1) is 12.4 Å². The van der Waals surface area contributed by atoms with Crippen molar-refractivity contribution in [3.8, 4) is 5.75 Å². The van der Waals surface area contributed by atoms with Crippen molar-refractivity contribution in [3.63, 3.8) is 0 Å². The monoisotopic (exact) mass is 401 g/mol. The molecule has 1 atom stereocenters. The summed E-state index contributed by atoms with van der Waals surface area (Å²) in [5.74, 6) is 0.291. The molecule has 0 radical (unpaired) electrons. The molecule has 0 aliphatic carbocycles. The Morgan fingerprint density at radius 1 is 1.19 bits per heavy atom. The van der Waals surface area contributed by atoms with Crippen molar-refractivity contribution in [3.05, 3.63) is 28.8 Å². The van der Waals surface area contributed by atoms with Crippen LogP contribution >= 0.6 is 24.0 Å². The Morgan fingerprint density at radius 2 is 1.88 bits per heavy atom. The number of halogens is 2. The molecule has 1 aromatic rings. The number of carbonyl (C=O) groups is 2. The fourth-order valence-corrected chi connectivity index (χ4v) is 3.77. The second-order valence-electron chi connectivity index (χ2n) is 6.66. The zero-order valence-corrected chi connectivity index (χ0v) is 16.4. The Hall–Kier alpha value is -1.50. The molecule has 144 valence electrons. The number of methoxy groups -OCH3 is 1. The lowest BCUT2D eigenvalue weighted by molar-refractivity contribution is -0.136. The molecule has 0 bridgehead atoms. The molecule has 8 heteroatoms. The van der Waals surface area contributed by atoms with Crippen LogP contribution in [0.15, 0.2) is 18.2 Å². The van der Waals surface area contributed by atoms with E-state index in [1.54, 1.807) is 23.1 Å². The molecule has 2 aliphatic rings. The lowest BCUT2D eigenvalue weighted by Gasteiger charge is -2.34. The molecule has 2 fully saturated rings. The second kappa shape index (κ2) is 8.93. The Kier molecular flexibility index (Phi) is 7.15. The highest BCUT2D eigenvalue weighted by Gasteiger charge is 2.38. The van der Waals surface area contributed by atoms with Gasteiger partial charge in [0.2, 0.25) is 5.91 Å². The zero-order chi connectivity index (χ0) is 18.0. The van der Waals surface area contributed by atoms with Crippen LogP contribution in [0.3, 0.4) is 0 Å². The quantitative estimate of drug-likeness (QED) is 0.842. The molecular weight excluding hydrogens is 377 g/mol. The van der Waals surface area contributed by atoms with E-state index in [0.29, 0.717) is 42.4 Å². The van der Waals surface area contributed by atoms with Crippen LogP contribution in [0.4, 0.5) is 0 Å². The van der Waals surface area contributed by atoms with Crippen LogP contribution in [0.1, 0.15) is 36.0 Å². The van der Waals surface area contributed by atoms with Crippen LogP contribution in [-0.2, 0) is 4.79 Å². The Bertz CT molecular complexity index is 663. The average molecular weight is 402 g/mol. The van der Waals surface area contributed by atoms with E-state index in [9.17, 15) is 9.59 Å². The summed E-state index contributed by atoms with van der Waals surface area (Å²) < 4.78 is 5.29. The first-order chi connectivity index (χ1) is 12.0. The average Bonchev–Trinajstić information content (AvgIpc) is 3.10. The number of hydrogen-bond donors (Lipinski definition) is 1. The first-order valence-electron chi connectivity index (χ1n) is 8.70. The summed E-state index contributed by atoms with van der Waals surface area (Å²) in [4.78, 5) is 29.4. The fraction of sp³-hybridized carbons (Fsp3) is 0.556. The largest absolute Gasteiger partial charge is 0.496 e. The zero-order valence-electron chi connectivity index (χ0n) is 14.8. The number of rotatable bonds is 3. The fourth-order valence-electron chi connectivity index (χ4n) is 3.60. The summed E-state index contributed by atoms with van der Waals surface area (Å²) in [5, 5.41) is 0.469. The molecule has 1 unspecified atom stereocenters. The smallest absolute Gasteiger partial charge is 0.258 e. The molecule has 1 aromatic carbocycles. The highest BCUT2D eigenvalue weighted by atomic mass is 35.5. The van der Waals surface area contributed by atoms with Crippen molar-refractivity contribution in [1.82, 2.24) is 9.80 Å². The first kappa shape index (κ1) is 20.8. The van der Waals surface area contributed by atoms with Gasteiger partial charge >= 0.3 is 0 Å². The van der Waals surface area contributed by atoms with Crippen LogP contribution in [-0.4, -0.2) is 60.4 Å². The summed E-state index contributed by atoms with van der Waals surface area (Å²) in [5.41, 5.74) is 6.32. The summed E-state index contributed by atoms with van der Waals surface area (Å²) in [7, 11) is 1.52. The van der Waals surface area contributed by atoms with Crippen LogP contribution in [0.5, 0.6) is 5.75 Å². The van der Waals surface area contributed by atoms with E-state index >= 15 is 0 Å². The Morgan fingerprint density at radius 3 is 2.54 bits per heavy atom. The maximum atomic E-state index is 13.0. The van der Waals surface area contributed by atoms with Gasteiger partial charge in [-0.3, -0.25) is 9.59 Å². The molecule has 2 amide bonds. The second-order valence-corrected chi connectivity index (χ2v) is 7.10. The number of nitrogens with two attached hydrogens (primary N) is 1. The van der Waals surface area contributed by atoms with Crippen LogP contribution in [0.25, 0.3) is 0 Å². The highest BCUT2D eigenvalue weighted by molar-refractivity contribution is 6.31. The molecular formula is C18H25Cl2N3O3. The Balaban J connectivity index is 0.00000243. The minimum atomic E-state index is -0.412. The summed E-state index contributed by atoms with van der Waals surface area (Å²) in [6.45, 7) is 1.90. The molecule has 0 spiro atoms. The number of nitrogens with zero attached hydrogens (tertiary/aromatic N) is 2. The van der Waals surface area contributed by atoms with Crippen LogP contribution < -0.4 is 10.5 Å². The number of piperidine rings is 1. The van der Waals surface area contributed by atoms with E-state index in [-0.39, 0.29) is 30.3 Å². The number of benzene rings is 1. The van der Waals surface area contributed by atoms with Gasteiger partial charge in [0.15, 0.2) is 0 Å². The van der Waals surface area contributed by atoms with Gasteiger partial charge in [0.1, 0.15) is 11.8 Å². The van der Waals surface area contributed by atoms with Crippen molar-refractivity contribution < 1.29 is 14.3 Å². The Labute approximate surface area is 165 Å². The number of carbonyl (C=O) groups excluding carboxylic acids is 2. The normalized spacial score (nSPS) is 20.7. The number of amides is 2. The van der Waals surface area contributed by atoms with E-state index < -0.39 is 6.04 Å². The standard InChI is InChI=1S/C18H24ClN3O3.ClH/c1-25-16-5-4-12(19)11-14(16)17(23)22-8-2-3-15(22)18(24)21-9-6-13(20)7-10-21;/h4-5,11,13,15H,2-3,6-10,20H2,1H3;1H. The van der Waals surface area contributed by atoms with Gasteiger partial charge in [0.25, 0.3) is 5.91 Å². The van der Waals surface area contributed by atoms with Gasteiger partial charge in [-0.1, -0.05) is 11.6 Å². The molecule has 3 rings (SSSR count). The van der Waals surface area contributed by atoms with Crippen LogP contribution in [0, 0.1) is 0 Å². The van der Waals surface area contributed by atoms with E-state index in [1.807, 2.05) is 4.90 Å². The SMILES string of the molecule is COc1ccc(Cl)cc1C(=O)N1CCCC1C(=O)N1CCC(N)CC1.Cl. The van der Waals surface area contributed by atoms with Gasteiger partial charge in [0.05, 0.1) is 12.7 Å². The number of hydrogen-bond acceptors (Lipinski definition) is 4.